The van der Waals surface area contributed by atoms with Gasteiger partial charge in [0.05, 0.1) is 12.3 Å². The molecule has 0 saturated heterocycles. The molecule has 21 heavy (non-hydrogen) atoms. The zero-order valence-corrected chi connectivity index (χ0v) is 12.5. The molecule has 0 heterocycles. The quantitative estimate of drug-likeness (QED) is 0.822. The molecule has 0 atom stereocenters. The van der Waals surface area contributed by atoms with E-state index in [1.54, 1.807) is 42.5 Å². The first-order valence-electron chi connectivity index (χ1n) is 6.69. The van der Waals surface area contributed by atoms with Crippen LogP contribution in [0.1, 0.15) is 23.7 Å². The molecule has 0 fully saturated rings. The third-order valence-electron chi connectivity index (χ3n) is 2.82. The van der Waals surface area contributed by atoms with E-state index in [2.05, 4.69) is 5.32 Å². The van der Waals surface area contributed by atoms with Crippen molar-refractivity contribution in [3.63, 3.8) is 0 Å². The monoisotopic (exact) mass is 304 g/mol. The average molecular weight is 305 g/mol. The number of benzene rings is 2. The molecule has 0 bridgehead atoms. The number of carbonyl (C=O) groups is 1. The lowest BCUT2D eigenvalue weighted by molar-refractivity contribution is 0.102. The second-order valence-corrected chi connectivity index (χ2v) is 5.00. The van der Waals surface area contributed by atoms with Crippen LogP contribution in [-0.2, 0) is 0 Å². The van der Waals surface area contributed by atoms with Gasteiger partial charge in [0.15, 0.2) is 0 Å². The summed E-state index contributed by atoms with van der Waals surface area (Å²) in [6, 6.07) is 11.8. The lowest BCUT2D eigenvalue weighted by Crippen LogP contribution is -2.13. The number of hydrogen-bond acceptors (Lipinski definition) is 3. The first-order valence-corrected chi connectivity index (χ1v) is 7.07. The second kappa shape index (κ2) is 6.99. The first kappa shape index (κ1) is 15.2. The predicted octanol–water partition coefficient (Wildman–Crippen LogP) is 3.96. The van der Waals surface area contributed by atoms with Crippen LogP contribution in [0.25, 0.3) is 0 Å². The van der Waals surface area contributed by atoms with Crippen molar-refractivity contribution in [1.82, 2.24) is 0 Å². The fourth-order valence-electron chi connectivity index (χ4n) is 1.77. The molecule has 5 heteroatoms. The van der Waals surface area contributed by atoms with Gasteiger partial charge in [-0.25, -0.2) is 0 Å². The van der Waals surface area contributed by atoms with E-state index in [-0.39, 0.29) is 5.91 Å². The average Bonchev–Trinajstić information content (AvgIpc) is 2.47. The topological polar surface area (TPSA) is 64.3 Å². The molecule has 0 aliphatic carbocycles. The number of halogens is 1. The zero-order valence-electron chi connectivity index (χ0n) is 11.7. The molecule has 1 amide bonds. The van der Waals surface area contributed by atoms with E-state index in [9.17, 15) is 4.79 Å². The second-order valence-electron chi connectivity index (χ2n) is 4.57. The van der Waals surface area contributed by atoms with Crippen LogP contribution in [0.4, 0.5) is 11.4 Å². The smallest absolute Gasteiger partial charge is 0.255 e. The minimum Gasteiger partial charge on any atom is -0.491 e. The van der Waals surface area contributed by atoms with Crippen LogP contribution >= 0.6 is 11.6 Å². The van der Waals surface area contributed by atoms with E-state index in [4.69, 9.17) is 22.1 Å². The van der Waals surface area contributed by atoms with E-state index >= 15 is 0 Å². The molecule has 2 aromatic rings. The molecule has 0 unspecified atom stereocenters. The highest BCUT2D eigenvalue weighted by Crippen LogP contribution is 2.28. The Labute approximate surface area is 128 Å². The standard InChI is InChI=1S/C16H17ClN2O2/c1-2-9-21-15-8-5-12(17)10-14(15)19-16(20)11-3-6-13(18)7-4-11/h3-8,10H,2,9,18H2,1H3,(H,19,20). The van der Waals surface area contributed by atoms with E-state index in [0.717, 1.165) is 6.42 Å². The van der Waals surface area contributed by atoms with Crippen molar-refractivity contribution < 1.29 is 9.53 Å². The molecular formula is C16H17ClN2O2. The summed E-state index contributed by atoms with van der Waals surface area (Å²) in [5.74, 6) is 0.365. The van der Waals surface area contributed by atoms with Crippen LogP contribution in [0.5, 0.6) is 5.75 Å². The molecule has 4 nitrogen and oxygen atoms in total. The van der Waals surface area contributed by atoms with Gasteiger partial charge in [0.2, 0.25) is 0 Å². The van der Waals surface area contributed by atoms with Crippen molar-refractivity contribution in [2.24, 2.45) is 0 Å². The van der Waals surface area contributed by atoms with Gasteiger partial charge in [-0.1, -0.05) is 18.5 Å². The summed E-state index contributed by atoms with van der Waals surface area (Å²) in [4.78, 5) is 12.2. The summed E-state index contributed by atoms with van der Waals surface area (Å²) < 4.78 is 5.60. The van der Waals surface area contributed by atoms with Gasteiger partial charge in [-0.05, 0) is 48.9 Å². The number of anilines is 2. The van der Waals surface area contributed by atoms with Crippen LogP contribution in [-0.4, -0.2) is 12.5 Å². The molecule has 0 radical (unpaired) electrons. The van der Waals surface area contributed by atoms with Crippen LogP contribution in [0, 0.1) is 0 Å². The SMILES string of the molecule is CCCOc1ccc(Cl)cc1NC(=O)c1ccc(N)cc1. The fourth-order valence-corrected chi connectivity index (χ4v) is 1.94. The molecule has 0 aliphatic rings. The molecule has 0 aliphatic heterocycles. The number of nitrogens with one attached hydrogen (secondary N) is 1. The third kappa shape index (κ3) is 4.13. The first-order chi connectivity index (χ1) is 10.1. The Bertz CT molecular complexity index is 627. The van der Waals surface area contributed by atoms with Crippen LogP contribution in [0.3, 0.4) is 0 Å². The molecule has 2 rings (SSSR count). The predicted molar refractivity (Wildman–Crippen MR) is 86.0 cm³/mol. The Morgan fingerprint density at radius 1 is 1.24 bits per heavy atom. The zero-order chi connectivity index (χ0) is 15.2. The number of rotatable bonds is 5. The van der Waals surface area contributed by atoms with Gasteiger partial charge >= 0.3 is 0 Å². The number of carbonyl (C=O) groups excluding carboxylic acids is 1. The van der Waals surface area contributed by atoms with Crippen molar-refractivity contribution in [2.75, 3.05) is 17.7 Å². The number of amides is 1. The van der Waals surface area contributed by atoms with Gasteiger partial charge in [0.25, 0.3) is 5.91 Å². The Balaban J connectivity index is 2.19. The van der Waals surface area contributed by atoms with Gasteiger partial charge < -0.3 is 15.8 Å². The Kier molecular flexibility index (Phi) is 5.06. The van der Waals surface area contributed by atoms with Crippen molar-refractivity contribution in [2.45, 2.75) is 13.3 Å². The van der Waals surface area contributed by atoms with Crippen molar-refractivity contribution in [3.05, 3.63) is 53.1 Å². The van der Waals surface area contributed by atoms with Gasteiger partial charge in [0.1, 0.15) is 5.75 Å². The summed E-state index contributed by atoms with van der Waals surface area (Å²) in [5.41, 5.74) is 7.29. The Morgan fingerprint density at radius 2 is 1.95 bits per heavy atom. The molecule has 0 saturated carbocycles. The Morgan fingerprint density at radius 3 is 2.62 bits per heavy atom. The summed E-state index contributed by atoms with van der Waals surface area (Å²) in [6.45, 7) is 2.59. The molecule has 3 N–H and O–H groups in total. The number of hydrogen-bond donors (Lipinski definition) is 2. The minimum atomic E-state index is -0.237. The van der Waals surface area contributed by atoms with Crippen molar-refractivity contribution in [1.29, 1.82) is 0 Å². The molecule has 0 aromatic heterocycles. The molecule has 2 aromatic carbocycles. The van der Waals surface area contributed by atoms with E-state index in [0.29, 0.717) is 34.3 Å². The minimum absolute atomic E-state index is 0.237. The molecule has 0 spiro atoms. The third-order valence-corrected chi connectivity index (χ3v) is 3.06. The van der Waals surface area contributed by atoms with Crippen LogP contribution < -0.4 is 15.8 Å². The van der Waals surface area contributed by atoms with Crippen molar-refractivity contribution >= 4 is 28.9 Å². The maximum Gasteiger partial charge on any atom is 0.255 e. The lowest BCUT2D eigenvalue weighted by Gasteiger charge is -2.12. The fraction of sp³-hybridized carbons (Fsp3) is 0.188. The maximum atomic E-state index is 12.2. The van der Waals surface area contributed by atoms with Gasteiger partial charge in [-0.15, -0.1) is 0 Å². The van der Waals surface area contributed by atoms with E-state index in [1.165, 1.54) is 0 Å². The van der Waals surface area contributed by atoms with E-state index < -0.39 is 0 Å². The molecular weight excluding hydrogens is 288 g/mol. The number of ether oxygens (including phenoxy) is 1. The van der Waals surface area contributed by atoms with E-state index in [1.807, 2.05) is 6.92 Å². The lowest BCUT2D eigenvalue weighted by atomic mass is 10.2. The molecule has 110 valence electrons. The normalized spacial score (nSPS) is 10.2. The highest BCUT2D eigenvalue weighted by molar-refractivity contribution is 6.31. The van der Waals surface area contributed by atoms with Crippen LogP contribution in [0.15, 0.2) is 42.5 Å². The van der Waals surface area contributed by atoms with Crippen LogP contribution in [0.2, 0.25) is 5.02 Å². The maximum absolute atomic E-state index is 12.2. The summed E-state index contributed by atoms with van der Waals surface area (Å²) in [6.07, 6.45) is 0.883. The number of nitrogen functional groups attached to an aromatic ring is 1. The largest absolute Gasteiger partial charge is 0.491 e. The highest BCUT2D eigenvalue weighted by atomic mass is 35.5. The summed E-state index contributed by atoms with van der Waals surface area (Å²) in [7, 11) is 0. The Hall–Kier alpha value is -2.20. The van der Waals surface area contributed by atoms with Gasteiger partial charge in [-0.2, -0.15) is 0 Å². The van der Waals surface area contributed by atoms with Crippen molar-refractivity contribution in [3.8, 4) is 5.75 Å². The van der Waals surface area contributed by atoms with Gasteiger partial charge in [-0.3, -0.25) is 4.79 Å². The van der Waals surface area contributed by atoms with Gasteiger partial charge in [0, 0.05) is 16.3 Å². The highest BCUT2D eigenvalue weighted by Gasteiger charge is 2.10. The summed E-state index contributed by atoms with van der Waals surface area (Å²) >= 11 is 5.98. The number of nitrogens with two attached hydrogens (primary N) is 1. The summed E-state index contributed by atoms with van der Waals surface area (Å²) in [5, 5.41) is 3.34.